The fourth-order valence-corrected chi connectivity index (χ4v) is 9.70. The van der Waals surface area contributed by atoms with Crippen LogP contribution in [-0.2, 0) is 55.7 Å². The Balaban J connectivity index is 0.846. The minimum Gasteiger partial charge on any atom is -0.481 e. The third-order valence-electron chi connectivity index (χ3n) is 14.0. The van der Waals surface area contributed by atoms with Crippen molar-refractivity contribution in [2.24, 2.45) is 11.5 Å². The molecule has 0 radical (unpaired) electrons. The van der Waals surface area contributed by atoms with Crippen molar-refractivity contribution in [3.63, 3.8) is 0 Å². The minimum atomic E-state index is -1.000. The van der Waals surface area contributed by atoms with Crippen LogP contribution in [0.5, 0.6) is 11.5 Å². The molecule has 6 aromatic rings. The molecule has 80 heavy (non-hydrogen) atoms. The lowest BCUT2D eigenvalue weighted by molar-refractivity contribution is -0.128. The molecule has 0 saturated heterocycles. The summed E-state index contributed by atoms with van der Waals surface area (Å²) in [6, 6.07) is 25.5. The van der Waals surface area contributed by atoms with E-state index in [0.717, 1.165) is 22.3 Å². The van der Waals surface area contributed by atoms with E-state index in [2.05, 4.69) is 44.3 Å². The highest BCUT2D eigenvalue weighted by atomic mass is 19.1. The van der Waals surface area contributed by atoms with E-state index in [1.807, 2.05) is 27.7 Å². The molecule has 0 bridgehead atoms. The second-order valence-electron chi connectivity index (χ2n) is 21.6. The Morgan fingerprint density at radius 3 is 1.25 bits per heavy atom. The van der Waals surface area contributed by atoms with Crippen LogP contribution in [0.4, 0.5) is 20.2 Å². The fourth-order valence-electron chi connectivity index (χ4n) is 9.70. The van der Waals surface area contributed by atoms with Crippen molar-refractivity contribution in [1.29, 1.82) is 0 Å². The average molecular weight is 1090 g/mol. The van der Waals surface area contributed by atoms with E-state index in [-0.39, 0.29) is 86.6 Å². The second-order valence-corrected chi connectivity index (χ2v) is 21.6. The van der Waals surface area contributed by atoms with Crippen LogP contribution in [0.25, 0.3) is 0 Å². The molecule has 2 aliphatic heterocycles. The van der Waals surface area contributed by atoms with Gasteiger partial charge in [-0.2, -0.15) is 0 Å². The Morgan fingerprint density at radius 1 is 0.575 bits per heavy atom. The first-order valence-electron chi connectivity index (χ1n) is 26.2. The van der Waals surface area contributed by atoms with Gasteiger partial charge < -0.3 is 51.3 Å². The number of carbonyl (C=O) groups excluding carboxylic acids is 4. The molecule has 2 aliphatic rings. The lowest BCUT2D eigenvalue weighted by atomic mass is 9.91. The summed E-state index contributed by atoms with van der Waals surface area (Å²) in [5.41, 5.74) is 16.0. The van der Waals surface area contributed by atoms with Gasteiger partial charge in [0.2, 0.25) is 23.6 Å². The minimum absolute atomic E-state index is 0.0333. The van der Waals surface area contributed by atoms with E-state index in [0.29, 0.717) is 45.4 Å². The van der Waals surface area contributed by atoms with Crippen LogP contribution in [0.1, 0.15) is 86.3 Å². The average Bonchev–Trinajstić information content (AvgIpc) is 3.83. The van der Waals surface area contributed by atoms with E-state index in [4.69, 9.17) is 20.9 Å². The molecule has 414 valence electrons. The molecule has 4 heterocycles. The molecule has 0 saturated carbocycles. The number of halogens is 2. The van der Waals surface area contributed by atoms with Gasteiger partial charge in [-0.3, -0.25) is 28.8 Å². The number of aromatic amines is 2. The van der Waals surface area contributed by atoms with Gasteiger partial charge in [0.15, 0.2) is 0 Å². The molecule has 16 nitrogen and oxygen atoms in total. The third-order valence-corrected chi connectivity index (χ3v) is 14.0. The van der Waals surface area contributed by atoms with Gasteiger partial charge in [-0.15, -0.1) is 0 Å². The molecule has 4 atom stereocenters. The molecule has 4 aromatic carbocycles. The Kier molecular flexibility index (Phi) is 17.5. The fraction of sp³-hybridized carbons (Fsp3) is 0.323. The number of H-pyrrole nitrogens is 2. The first-order chi connectivity index (χ1) is 38.0. The van der Waals surface area contributed by atoms with Crippen molar-refractivity contribution in [1.82, 2.24) is 20.6 Å². The number of amides is 4. The molecule has 8 rings (SSSR count). The molecular formula is C62H64F2N8O8. The van der Waals surface area contributed by atoms with Crippen LogP contribution in [0.3, 0.4) is 0 Å². The number of benzene rings is 4. The molecule has 0 aliphatic carbocycles. The Bertz CT molecular complexity index is 3300. The molecule has 2 aromatic heterocycles. The molecule has 4 amide bonds. The van der Waals surface area contributed by atoms with E-state index in [1.54, 1.807) is 94.7 Å². The van der Waals surface area contributed by atoms with Gasteiger partial charge in [0.05, 0.1) is 23.5 Å². The number of pyridine rings is 2. The summed E-state index contributed by atoms with van der Waals surface area (Å²) in [6.07, 6.45) is 0.718. The molecular weight excluding hydrogens is 1020 g/mol. The summed E-state index contributed by atoms with van der Waals surface area (Å²) in [5, 5.41) is 5.65. The van der Waals surface area contributed by atoms with Crippen molar-refractivity contribution in [3.8, 4) is 35.2 Å². The van der Waals surface area contributed by atoms with E-state index in [9.17, 15) is 37.5 Å². The summed E-state index contributed by atoms with van der Waals surface area (Å²) in [6.45, 7) is 11.3. The smallest absolute Gasteiger partial charge is 0.251 e. The summed E-state index contributed by atoms with van der Waals surface area (Å²) in [5.74, 6) is 9.70. The summed E-state index contributed by atoms with van der Waals surface area (Å²) in [4.78, 5) is 90.4. The topological polar surface area (TPSA) is 235 Å². The molecule has 0 unspecified atom stereocenters. The number of aromatic nitrogens is 2. The number of fused-ring (bicyclic) bond motifs is 2. The normalized spacial score (nSPS) is 15.1. The van der Waals surface area contributed by atoms with Crippen LogP contribution in [-0.4, -0.2) is 84.1 Å². The van der Waals surface area contributed by atoms with Crippen molar-refractivity contribution < 1.29 is 37.4 Å². The number of carbonyl (C=O) groups is 4. The zero-order chi connectivity index (χ0) is 57.5. The summed E-state index contributed by atoms with van der Waals surface area (Å²) in [7, 11) is 0. The molecule has 0 fully saturated rings. The van der Waals surface area contributed by atoms with Gasteiger partial charge in [0.1, 0.15) is 48.4 Å². The molecule has 8 N–H and O–H groups in total. The predicted molar refractivity (Wildman–Crippen MR) is 301 cm³/mol. The number of hydrogen-bond acceptors (Lipinski definition) is 10. The number of rotatable bonds is 18. The number of nitrogens with zero attached hydrogens (tertiary/aromatic N) is 2. The summed E-state index contributed by atoms with van der Waals surface area (Å²) >= 11 is 0. The maximum atomic E-state index is 14.4. The van der Waals surface area contributed by atoms with Gasteiger partial charge in [0, 0.05) is 72.1 Å². The number of nitrogens with two attached hydrogens (primary N) is 2. The standard InChI is InChI=1S/C62H64F2N8O8/c1-37(65)55(73)67-49(59(77)71-35-61(3,4)53-51(71)33-43(57(75)69-53)29-39-11-19-45(63)20-12-39)31-41-15-23-47(24-16-41)79-27-9-7-8-10-28-80-48-25-17-42(18-26-48)32-50(68-56(74)38(2)66)60(78)72-36-62(5,6)54-52(72)34-44(58(76)70-54)30-40-13-21-46(64)22-14-40/h11-26,33-34,37-38,49-50H,27-32,35-36,65-66H2,1-6H3,(H,67,73)(H,68,74)(H,69,75)(H,70,76)/t37-,38-,49-,50-/m0/s1. The predicted octanol–water partition coefficient (Wildman–Crippen LogP) is 5.39. The van der Waals surface area contributed by atoms with E-state index in [1.165, 1.54) is 38.1 Å². The van der Waals surface area contributed by atoms with Crippen molar-refractivity contribution >= 4 is 35.0 Å². The van der Waals surface area contributed by atoms with Crippen LogP contribution in [0.2, 0.25) is 0 Å². The number of hydrogen-bond donors (Lipinski definition) is 6. The maximum absolute atomic E-state index is 14.4. The van der Waals surface area contributed by atoms with Crippen LogP contribution in [0.15, 0.2) is 119 Å². The SMILES string of the molecule is C[C@H](N)C(=O)N[C@@H](Cc1ccc(OCC#CC#CCOc2ccc(C[C@H](NC(=O)[C@H](C)N)C(=O)N3CC(C)(C)c4[nH]c(=O)c(Cc5ccc(F)cc5)cc43)cc2)cc1)C(=O)N1CC(C)(C)c2[nH]c(=O)c(Cc3ccc(F)cc3)cc21. The first-order valence-corrected chi connectivity index (χ1v) is 26.2. The molecule has 0 spiro atoms. The lowest BCUT2D eigenvalue weighted by Crippen LogP contribution is -2.53. The van der Waals surface area contributed by atoms with Crippen molar-refractivity contribution in [3.05, 3.63) is 186 Å². The Hall–Kier alpha value is -8.84. The van der Waals surface area contributed by atoms with E-state index >= 15 is 0 Å². The highest BCUT2D eigenvalue weighted by Gasteiger charge is 2.43. The Morgan fingerprint density at radius 2 is 0.912 bits per heavy atom. The highest BCUT2D eigenvalue weighted by molar-refractivity contribution is 6.02. The number of nitrogens with one attached hydrogen (secondary N) is 4. The van der Waals surface area contributed by atoms with Crippen LogP contribution >= 0.6 is 0 Å². The number of ether oxygens (including phenoxy) is 2. The quantitative estimate of drug-likeness (QED) is 0.0601. The third kappa shape index (κ3) is 13.9. The zero-order valence-electron chi connectivity index (χ0n) is 45.4. The summed E-state index contributed by atoms with van der Waals surface area (Å²) < 4.78 is 38.8. The Labute approximate surface area is 462 Å². The largest absolute Gasteiger partial charge is 0.481 e. The highest BCUT2D eigenvalue weighted by Crippen LogP contribution is 2.41. The van der Waals surface area contributed by atoms with Gasteiger partial charge in [-0.25, -0.2) is 8.78 Å². The molecule has 18 heteroatoms. The zero-order valence-corrected chi connectivity index (χ0v) is 45.4. The number of anilines is 2. The van der Waals surface area contributed by atoms with Gasteiger partial charge >= 0.3 is 0 Å². The van der Waals surface area contributed by atoms with Gasteiger partial charge in [-0.1, -0.05) is 76.2 Å². The van der Waals surface area contributed by atoms with Crippen LogP contribution < -0.4 is 52.5 Å². The van der Waals surface area contributed by atoms with E-state index < -0.39 is 46.8 Å². The second kappa shape index (κ2) is 24.4. The monoisotopic (exact) mass is 1090 g/mol. The van der Waals surface area contributed by atoms with Crippen molar-refractivity contribution in [2.45, 2.75) is 102 Å². The van der Waals surface area contributed by atoms with Gasteiger partial charge in [-0.05, 0) is 120 Å². The van der Waals surface area contributed by atoms with Gasteiger partial charge in [0.25, 0.3) is 11.1 Å². The van der Waals surface area contributed by atoms with Crippen LogP contribution in [0, 0.1) is 35.3 Å². The maximum Gasteiger partial charge on any atom is 0.251 e. The first kappa shape index (κ1) is 57.3. The lowest BCUT2D eigenvalue weighted by Gasteiger charge is -2.27. The van der Waals surface area contributed by atoms with Crippen molar-refractivity contribution in [2.75, 3.05) is 36.1 Å².